The van der Waals surface area contributed by atoms with Crippen LogP contribution < -0.4 is 0 Å². The first-order chi connectivity index (χ1) is 10.7. The van der Waals surface area contributed by atoms with Gasteiger partial charge in [-0.05, 0) is 35.0 Å². The fraction of sp³-hybridized carbons (Fsp3) is 0. The Bertz CT molecular complexity index is 836. The van der Waals surface area contributed by atoms with E-state index < -0.39 is 5.97 Å². The van der Waals surface area contributed by atoms with Crippen LogP contribution in [0.1, 0.15) is 15.9 Å². The van der Waals surface area contributed by atoms with Crippen LogP contribution in [0.15, 0.2) is 71.9 Å². The zero-order chi connectivity index (χ0) is 15.4. The molecule has 0 saturated heterocycles. The molecule has 0 atom stereocenters. The molecule has 0 unspecified atom stereocenters. The minimum Gasteiger partial charge on any atom is -0.313 e. The fourth-order valence-electron chi connectivity index (χ4n) is 2.13. The minimum absolute atomic E-state index is 0.402. The molecule has 3 rings (SSSR count). The Labute approximate surface area is 132 Å². The number of oxime groups is 1. The van der Waals surface area contributed by atoms with Crippen LogP contribution in [0, 0.1) is 0 Å². The summed E-state index contributed by atoms with van der Waals surface area (Å²) < 4.78 is 0. The molecule has 0 bridgehead atoms. The molecule has 4 heteroatoms. The summed E-state index contributed by atoms with van der Waals surface area (Å²) in [6.07, 6.45) is 1.54. The number of hydrogen-bond acceptors (Lipinski definition) is 3. The highest BCUT2D eigenvalue weighted by Gasteiger charge is 2.06. The zero-order valence-corrected chi connectivity index (χ0v) is 12.3. The highest BCUT2D eigenvalue weighted by molar-refractivity contribution is 6.30. The van der Waals surface area contributed by atoms with Gasteiger partial charge in [0.1, 0.15) is 0 Å². The average Bonchev–Trinajstić information content (AvgIpc) is 2.55. The van der Waals surface area contributed by atoms with Gasteiger partial charge in [0.2, 0.25) is 0 Å². The number of hydrogen-bond donors (Lipinski definition) is 0. The molecule has 22 heavy (non-hydrogen) atoms. The number of benzene rings is 3. The molecule has 0 aliphatic carbocycles. The van der Waals surface area contributed by atoms with Crippen molar-refractivity contribution in [3.05, 3.63) is 82.9 Å². The van der Waals surface area contributed by atoms with Gasteiger partial charge in [0.05, 0.1) is 11.8 Å². The summed E-state index contributed by atoms with van der Waals surface area (Å²) in [5.74, 6) is -0.520. The van der Waals surface area contributed by atoms with Crippen molar-refractivity contribution in [1.29, 1.82) is 0 Å². The summed E-state index contributed by atoms with van der Waals surface area (Å²) in [5, 5.41) is 6.51. The average molecular weight is 310 g/mol. The first-order valence-electron chi connectivity index (χ1n) is 6.72. The van der Waals surface area contributed by atoms with Gasteiger partial charge in [-0.25, -0.2) is 4.79 Å². The molecule has 0 aliphatic rings. The predicted octanol–water partition coefficient (Wildman–Crippen LogP) is 4.68. The lowest BCUT2D eigenvalue weighted by Gasteiger charge is -2.01. The highest BCUT2D eigenvalue weighted by atomic mass is 35.5. The summed E-state index contributed by atoms with van der Waals surface area (Å²) in [4.78, 5) is 16.7. The minimum atomic E-state index is -0.520. The Morgan fingerprint density at radius 2 is 1.68 bits per heavy atom. The third kappa shape index (κ3) is 3.15. The second-order valence-electron chi connectivity index (χ2n) is 4.69. The van der Waals surface area contributed by atoms with Gasteiger partial charge in [-0.2, -0.15) is 0 Å². The van der Waals surface area contributed by atoms with Crippen molar-refractivity contribution in [3.63, 3.8) is 0 Å². The maximum Gasteiger partial charge on any atom is 0.365 e. The molecule has 3 aromatic rings. The summed E-state index contributed by atoms with van der Waals surface area (Å²) in [5.41, 5.74) is 1.29. The van der Waals surface area contributed by atoms with E-state index in [-0.39, 0.29) is 0 Å². The summed E-state index contributed by atoms with van der Waals surface area (Å²) in [6, 6.07) is 20.3. The van der Waals surface area contributed by atoms with Crippen LogP contribution in [-0.2, 0) is 4.84 Å². The first-order valence-corrected chi connectivity index (χ1v) is 7.10. The lowest BCUT2D eigenvalue weighted by Crippen LogP contribution is -2.00. The smallest absolute Gasteiger partial charge is 0.313 e. The van der Waals surface area contributed by atoms with Crippen molar-refractivity contribution < 1.29 is 9.63 Å². The van der Waals surface area contributed by atoms with Crippen LogP contribution in [0.5, 0.6) is 0 Å². The van der Waals surface area contributed by atoms with E-state index >= 15 is 0 Å². The number of carbonyl (C=O) groups is 1. The molecular formula is C18H12ClNO2. The second kappa shape index (κ2) is 6.41. The zero-order valence-electron chi connectivity index (χ0n) is 11.6. The van der Waals surface area contributed by atoms with E-state index in [4.69, 9.17) is 16.4 Å². The Morgan fingerprint density at radius 3 is 2.50 bits per heavy atom. The Hall–Kier alpha value is -2.65. The predicted molar refractivity (Wildman–Crippen MR) is 88.4 cm³/mol. The van der Waals surface area contributed by atoms with Crippen molar-refractivity contribution in [1.82, 2.24) is 0 Å². The van der Waals surface area contributed by atoms with Gasteiger partial charge in [0, 0.05) is 10.6 Å². The van der Waals surface area contributed by atoms with Crippen LogP contribution in [0.4, 0.5) is 0 Å². The van der Waals surface area contributed by atoms with Crippen LogP contribution in [0.3, 0.4) is 0 Å². The van der Waals surface area contributed by atoms with E-state index in [1.807, 2.05) is 42.5 Å². The molecule has 0 saturated carbocycles. The van der Waals surface area contributed by atoms with Gasteiger partial charge < -0.3 is 4.84 Å². The molecule has 0 amide bonds. The molecule has 108 valence electrons. The Morgan fingerprint density at radius 1 is 0.955 bits per heavy atom. The molecule has 0 aliphatic heterocycles. The van der Waals surface area contributed by atoms with Crippen molar-refractivity contribution in [2.45, 2.75) is 0 Å². The summed E-state index contributed by atoms with van der Waals surface area (Å²) in [7, 11) is 0. The number of nitrogens with zero attached hydrogens (tertiary/aromatic N) is 1. The number of carbonyl (C=O) groups excluding carboxylic acids is 1. The molecular weight excluding hydrogens is 298 g/mol. The normalized spacial score (nSPS) is 11.0. The molecule has 3 aromatic carbocycles. The van der Waals surface area contributed by atoms with E-state index in [1.54, 1.807) is 24.3 Å². The molecule has 0 fully saturated rings. The van der Waals surface area contributed by atoms with Gasteiger partial charge in [-0.3, -0.25) is 0 Å². The Kier molecular flexibility index (Phi) is 4.17. The molecule has 0 spiro atoms. The topological polar surface area (TPSA) is 38.7 Å². The van der Waals surface area contributed by atoms with Crippen molar-refractivity contribution in [3.8, 4) is 0 Å². The summed E-state index contributed by atoms with van der Waals surface area (Å²) >= 11 is 5.77. The van der Waals surface area contributed by atoms with E-state index in [0.717, 1.165) is 16.3 Å². The lowest BCUT2D eigenvalue weighted by molar-refractivity contribution is 0.0519. The molecule has 3 nitrogen and oxygen atoms in total. The SMILES string of the molecule is O=C(O/N=C/c1cccc2ccccc12)c1ccc(Cl)cc1. The maximum absolute atomic E-state index is 11.8. The van der Waals surface area contributed by atoms with Gasteiger partial charge >= 0.3 is 5.97 Å². The fourth-order valence-corrected chi connectivity index (χ4v) is 2.26. The second-order valence-corrected chi connectivity index (χ2v) is 5.12. The van der Waals surface area contributed by atoms with E-state index in [9.17, 15) is 4.79 Å². The van der Waals surface area contributed by atoms with Crippen LogP contribution in [-0.4, -0.2) is 12.2 Å². The van der Waals surface area contributed by atoms with Gasteiger partial charge in [-0.15, -0.1) is 0 Å². The first kappa shape index (κ1) is 14.3. The number of rotatable bonds is 3. The summed E-state index contributed by atoms with van der Waals surface area (Å²) in [6.45, 7) is 0. The lowest BCUT2D eigenvalue weighted by atomic mass is 10.1. The van der Waals surface area contributed by atoms with Gasteiger partial charge in [-0.1, -0.05) is 59.2 Å². The number of fused-ring (bicyclic) bond motifs is 1. The third-order valence-corrected chi connectivity index (χ3v) is 3.48. The van der Waals surface area contributed by atoms with Crippen LogP contribution in [0.2, 0.25) is 5.02 Å². The Balaban J connectivity index is 1.76. The maximum atomic E-state index is 11.8. The molecule has 0 N–H and O–H groups in total. The standard InChI is InChI=1S/C18H12ClNO2/c19-16-10-8-14(9-11-16)18(21)22-20-12-15-6-3-5-13-4-1-2-7-17(13)15/h1-12H/b20-12+. The molecule has 0 heterocycles. The van der Waals surface area contributed by atoms with E-state index in [1.165, 1.54) is 6.21 Å². The van der Waals surface area contributed by atoms with Crippen molar-refractivity contribution >= 4 is 34.6 Å². The largest absolute Gasteiger partial charge is 0.365 e. The quantitative estimate of drug-likeness (QED) is 0.400. The molecule has 0 radical (unpaired) electrons. The van der Waals surface area contributed by atoms with Crippen molar-refractivity contribution in [2.24, 2.45) is 5.16 Å². The van der Waals surface area contributed by atoms with Crippen LogP contribution >= 0.6 is 11.6 Å². The van der Waals surface area contributed by atoms with E-state index in [2.05, 4.69) is 5.16 Å². The molecule has 0 aromatic heterocycles. The monoisotopic (exact) mass is 309 g/mol. The van der Waals surface area contributed by atoms with Crippen LogP contribution in [0.25, 0.3) is 10.8 Å². The third-order valence-electron chi connectivity index (χ3n) is 3.23. The van der Waals surface area contributed by atoms with Crippen molar-refractivity contribution in [2.75, 3.05) is 0 Å². The van der Waals surface area contributed by atoms with E-state index in [0.29, 0.717) is 10.6 Å². The highest BCUT2D eigenvalue weighted by Crippen LogP contribution is 2.17. The van der Waals surface area contributed by atoms with Gasteiger partial charge in [0.25, 0.3) is 0 Å². The van der Waals surface area contributed by atoms with Gasteiger partial charge in [0.15, 0.2) is 0 Å². The number of halogens is 1.